The van der Waals surface area contributed by atoms with Crippen molar-refractivity contribution >= 4 is 39.8 Å². The highest BCUT2D eigenvalue weighted by atomic mass is 127. The van der Waals surface area contributed by atoms with Crippen LogP contribution >= 0.6 is 24.0 Å². The van der Waals surface area contributed by atoms with Crippen LogP contribution in [0.1, 0.15) is 17.0 Å². The van der Waals surface area contributed by atoms with E-state index in [0.717, 1.165) is 36.7 Å². The van der Waals surface area contributed by atoms with Gasteiger partial charge in [0.15, 0.2) is 15.8 Å². The van der Waals surface area contributed by atoms with E-state index >= 15 is 0 Å². The van der Waals surface area contributed by atoms with Gasteiger partial charge in [0.05, 0.1) is 4.90 Å². The summed E-state index contributed by atoms with van der Waals surface area (Å²) in [6, 6.07) is 17.3. The molecule has 1 heterocycles. The molecule has 0 radical (unpaired) electrons. The zero-order valence-corrected chi connectivity index (χ0v) is 21.5. The number of nitrogens with one attached hydrogen (secondary N) is 2. The highest BCUT2D eigenvalue weighted by molar-refractivity contribution is 14.0. The lowest BCUT2D eigenvalue weighted by molar-refractivity contribution is 0.602. The number of nitrogens with zero attached hydrogens (tertiary/aromatic N) is 3. The van der Waals surface area contributed by atoms with Gasteiger partial charge in [-0.05, 0) is 29.7 Å². The van der Waals surface area contributed by atoms with Crippen LogP contribution in [0.25, 0.3) is 0 Å². The summed E-state index contributed by atoms with van der Waals surface area (Å²) >= 11 is 0. The molecule has 0 aliphatic heterocycles. The third-order valence-electron chi connectivity index (χ3n) is 4.92. The lowest BCUT2D eigenvalue weighted by Gasteiger charge is -2.13. The average molecular weight is 567 g/mol. The molecule has 0 aliphatic rings. The van der Waals surface area contributed by atoms with Crippen LogP contribution in [-0.2, 0) is 29.2 Å². The summed E-state index contributed by atoms with van der Waals surface area (Å²) in [6.45, 7) is 2.22. The molecule has 0 atom stereocenters. The van der Waals surface area contributed by atoms with Crippen molar-refractivity contribution in [1.29, 1.82) is 0 Å². The molecule has 3 rings (SSSR count). The Balaban J connectivity index is 0.00000363. The van der Waals surface area contributed by atoms with Gasteiger partial charge in [0.1, 0.15) is 5.82 Å². The highest BCUT2D eigenvalue weighted by Crippen LogP contribution is 2.10. The molecular weight excluding hydrogens is 537 g/mol. The number of aromatic nitrogens is 2. The van der Waals surface area contributed by atoms with E-state index in [-0.39, 0.29) is 24.0 Å². The Morgan fingerprint density at radius 1 is 0.969 bits per heavy atom. The van der Waals surface area contributed by atoms with E-state index in [1.807, 2.05) is 42.7 Å². The van der Waals surface area contributed by atoms with E-state index in [1.165, 1.54) is 11.8 Å². The standard InChI is InChI=1S/C23H29N5O2S.HI/c1-24-23(26-14-12-19-8-10-21(11-9-19)31(2,29)30)27-15-13-22-25-16-17-28(22)18-20-6-4-3-5-7-20;/h3-11,16-17H,12-15,18H2,1-2H3,(H2,24,26,27);1H. The smallest absolute Gasteiger partial charge is 0.191 e. The SMILES string of the molecule is CN=C(NCCc1ccc(S(C)(=O)=O)cc1)NCCc1nccn1Cc1ccccc1.I. The van der Waals surface area contributed by atoms with Crippen LogP contribution in [0.15, 0.2) is 76.9 Å². The van der Waals surface area contributed by atoms with Crippen molar-refractivity contribution in [3.63, 3.8) is 0 Å². The number of guanidine groups is 1. The molecule has 0 unspecified atom stereocenters. The first-order valence-corrected chi connectivity index (χ1v) is 12.1. The van der Waals surface area contributed by atoms with Crippen LogP contribution in [0.2, 0.25) is 0 Å². The van der Waals surface area contributed by atoms with Crippen LogP contribution in [0.4, 0.5) is 0 Å². The van der Waals surface area contributed by atoms with E-state index in [1.54, 1.807) is 19.2 Å². The summed E-state index contributed by atoms with van der Waals surface area (Å²) in [6.07, 6.45) is 6.61. The molecule has 0 saturated carbocycles. The Morgan fingerprint density at radius 2 is 1.62 bits per heavy atom. The quantitative estimate of drug-likeness (QED) is 0.236. The summed E-state index contributed by atoms with van der Waals surface area (Å²) in [5.74, 6) is 1.76. The summed E-state index contributed by atoms with van der Waals surface area (Å²) in [5, 5.41) is 6.61. The lowest BCUT2D eigenvalue weighted by atomic mass is 10.1. The summed E-state index contributed by atoms with van der Waals surface area (Å²) in [7, 11) is -1.42. The minimum Gasteiger partial charge on any atom is -0.356 e. The number of rotatable bonds is 9. The molecule has 0 aliphatic carbocycles. The first-order valence-electron chi connectivity index (χ1n) is 10.2. The number of aliphatic imine (C=N–C) groups is 1. The van der Waals surface area contributed by atoms with E-state index in [0.29, 0.717) is 18.0 Å². The number of hydrogen-bond donors (Lipinski definition) is 2. The highest BCUT2D eigenvalue weighted by Gasteiger charge is 2.07. The van der Waals surface area contributed by atoms with Crippen molar-refractivity contribution in [2.75, 3.05) is 26.4 Å². The molecule has 2 N–H and O–H groups in total. The van der Waals surface area contributed by atoms with Gasteiger partial charge in [0.2, 0.25) is 0 Å². The second-order valence-corrected chi connectivity index (χ2v) is 9.31. The molecule has 0 spiro atoms. The van der Waals surface area contributed by atoms with E-state index in [4.69, 9.17) is 0 Å². The van der Waals surface area contributed by atoms with Gasteiger partial charge in [-0.3, -0.25) is 4.99 Å². The fraction of sp³-hybridized carbons (Fsp3) is 0.304. The average Bonchev–Trinajstić information content (AvgIpc) is 3.20. The van der Waals surface area contributed by atoms with Crippen LogP contribution < -0.4 is 10.6 Å². The molecule has 1 aromatic heterocycles. The number of halogens is 1. The maximum Gasteiger partial charge on any atom is 0.191 e. The lowest BCUT2D eigenvalue weighted by Crippen LogP contribution is -2.39. The third kappa shape index (κ3) is 7.94. The van der Waals surface area contributed by atoms with Gasteiger partial charge < -0.3 is 15.2 Å². The van der Waals surface area contributed by atoms with Crippen LogP contribution in [0.5, 0.6) is 0 Å². The minimum absolute atomic E-state index is 0. The molecule has 0 amide bonds. The molecule has 0 bridgehead atoms. The molecule has 9 heteroatoms. The Kier molecular flexibility index (Phi) is 10.2. The fourth-order valence-corrected chi connectivity index (χ4v) is 3.86. The van der Waals surface area contributed by atoms with Crippen molar-refractivity contribution in [1.82, 2.24) is 20.2 Å². The fourth-order valence-electron chi connectivity index (χ4n) is 3.23. The van der Waals surface area contributed by atoms with Crippen LogP contribution in [-0.4, -0.2) is 50.3 Å². The van der Waals surface area contributed by atoms with Crippen molar-refractivity contribution in [2.24, 2.45) is 4.99 Å². The number of benzene rings is 2. The Labute approximate surface area is 207 Å². The number of hydrogen-bond acceptors (Lipinski definition) is 4. The summed E-state index contributed by atoms with van der Waals surface area (Å²) in [5.41, 5.74) is 2.31. The third-order valence-corrected chi connectivity index (χ3v) is 6.05. The monoisotopic (exact) mass is 567 g/mol. The zero-order chi connectivity index (χ0) is 22.1. The van der Waals surface area contributed by atoms with Gasteiger partial charge in [-0.15, -0.1) is 24.0 Å². The van der Waals surface area contributed by atoms with Gasteiger partial charge >= 0.3 is 0 Å². The van der Waals surface area contributed by atoms with Gasteiger partial charge in [-0.25, -0.2) is 13.4 Å². The zero-order valence-electron chi connectivity index (χ0n) is 18.4. The van der Waals surface area contributed by atoms with Crippen LogP contribution in [0, 0.1) is 0 Å². The van der Waals surface area contributed by atoms with Crippen LogP contribution in [0.3, 0.4) is 0 Å². The predicted molar refractivity (Wildman–Crippen MR) is 140 cm³/mol. The minimum atomic E-state index is -3.16. The second kappa shape index (κ2) is 12.6. The predicted octanol–water partition coefficient (Wildman–Crippen LogP) is 2.90. The van der Waals surface area contributed by atoms with Crippen molar-refractivity contribution in [3.8, 4) is 0 Å². The Morgan fingerprint density at radius 3 is 2.25 bits per heavy atom. The molecule has 2 aromatic carbocycles. The second-order valence-electron chi connectivity index (χ2n) is 7.30. The summed E-state index contributed by atoms with van der Waals surface area (Å²) < 4.78 is 25.2. The Hall–Kier alpha value is -2.40. The van der Waals surface area contributed by atoms with E-state index in [9.17, 15) is 8.42 Å². The number of imidazole rings is 1. The molecule has 0 fully saturated rings. The molecule has 32 heavy (non-hydrogen) atoms. The first kappa shape index (κ1) is 25.9. The van der Waals surface area contributed by atoms with Crippen molar-refractivity contribution in [2.45, 2.75) is 24.3 Å². The molecule has 172 valence electrons. The van der Waals surface area contributed by atoms with E-state index in [2.05, 4.69) is 37.3 Å². The van der Waals surface area contributed by atoms with E-state index < -0.39 is 9.84 Å². The van der Waals surface area contributed by atoms with Gasteiger partial charge in [-0.1, -0.05) is 42.5 Å². The van der Waals surface area contributed by atoms with Crippen molar-refractivity contribution in [3.05, 3.63) is 83.9 Å². The topological polar surface area (TPSA) is 88.4 Å². The maximum absolute atomic E-state index is 11.5. The number of sulfone groups is 1. The molecule has 3 aromatic rings. The van der Waals surface area contributed by atoms with Gasteiger partial charge in [0, 0.05) is 51.8 Å². The first-order chi connectivity index (χ1) is 15.0. The van der Waals surface area contributed by atoms with Crippen molar-refractivity contribution < 1.29 is 8.42 Å². The summed E-state index contributed by atoms with van der Waals surface area (Å²) in [4.78, 5) is 9.08. The van der Waals surface area contributed by atoms with Gasteiger partial charge in [0.25, 0.3) is 0 Å². The molecular formula is C23H30IN5O2S. The van der Waals surface area contributed by atoms with Gasteiger partial charge in [-0.2, -0.15) is 0 Å². The normalized spacial score (nSPS) is 11.6. The maximum atomic E-state index is 11.5. The Bertz CT molecular complexity index is 1100. The largest absolute Gasteiger partial charge is 0.356 e. The molecule has 0 saturated heterocycles. The molecule has 7 nitrogen and oxygen atoms in total.